The molecule has 1 N–H and O–H groups in total. The van der Waals surface area contributed by atoms with Crippen molar-refractivity contribution in [1.82, 2.24) is 5.32 Å². The molecule has 2 heteroatoms. The maximum Gasteiger partial charge on any atom is 0.224 e. The summed E-state index contributed by atoms with van der Waals surface area (Å²) in [5, 5.41) is 3.10. The Kier molecular flexibility index (Phi) is 5.37. The molecule has 0 heterocycles. The molecule has 0 fully saturated rings. The highest BCUT2D eigenvalue weighted by atomic mass is 16.1. The molecule has 2 aromatic rings. The van der Waals surface area contributed by atoms with Crippen LogP contribution in [0.1, 0.15) is 47.7 Å². The van der Waals surface area contributed by atoms with Gasteiger partial charge in [-0.2, -0.15) is 0 Å². The Morgan fingerprint density at radius 1 is 1.05 bits per heavy atom. The molecule has 0 radical (unpaired) electrons. The molecule has 0 aliphatic carbocycles. The summed E-state index contributed by atoms with van der Waals surface area (Å²) < 4.78 is 0. The molecule has 2 rings (SSSR count). The lowest BCUT2D eigenvalue weighted by Crippen LogP contribution is -2.28. The molecule has 0 aliphatic rings. The minimum atomic E-state index is 0.0299. The number of carbonyl (C=O) groups is 1. The number of rotatable bonds is 5. The maximum atomic E-state index is 12.2. The third-order valence-corrected chi connectivity index (χ3v) is 4.07. The fraction of sp³-hybridized carbons (Fsp3) is 0.350. The quantitative estimate of drug-likeness (QED) is 0.876. The summed E-state index contributed by atoms with van der Waals surface area (Å²) in [6.45, 7) is 8.33. The van der Waals surface area contributed by atoms with E-state index >= 15 is 0 Å². The van der Waals surface area contributed by atoms with Crippen LogP contribution in [-0.2, 0) is 17.6 Å². The lowest BCUT2D eigenvalue weighted by molar-refractivity contribution is -0.121. The van der Waals surface area contributed by atoms with E-state index in [1.165, 1.54) is 22.3 Å². The van der Waals surface area contributed by atoms with Crippen molar-refractivity contribution in [1.29, 1.82) is 0 Å². The van der Waals surface area contributed by atoms with Gasteiger partial charge < -0.3 is 5.32 Å². The monoisotopic (exact) mass is 295 g/mol. The lowest BCUT2D eigenvalue weighted by atomic mass is 9.99. The van der Waals surface area contributed by atoms with Gasteiger partial charge in [-0.05, 0) is 49.4 Å². The highest BCUT2D eigenvalue weighted by molar-refractivity contribution is 5.79. The molecule has 116 valence electrons. The largest absolute Gasteiger partial charge is 0.349 e. The first-order valence-electron chi connectivity index (χ1n) is 7.94. The van der Waals surface area contributed by atoms with Gasteiger partial charge in [0.1, 0.15) is 0 Å². The molecule has 2 nitrogen and oxygen atoms in total. The van der Waals surface area contributed by atoms with Crippen molar-refractivity contribution in [2.24, 2.45) is 0 Å². The van der Waals surface area contributed by atoms with Gasteiger partial charge in [0, 0.05) is 0 Å². The molecule has 0 aromatic heterocycles. The fourth-order valence-corrected chi connectivity index (χ4v) is 2.67. The molecule has 2 aromatic carbocycles. The Labute approximate surface area is 133 Å². The van der Waals surface area contributed by atoms with Crippen molar-refractivity contribution < 1.29 is 4.79 Å². The van der Waals surface area contributed by atoms with Crippen LogP contribution in [0.4, 0.5) is 0 Å². The zero-order chi connectivity index (χ0) is 16.1. The first kappa shape index (κ1) is 16.3. The molecule has 0 saturated carbocycles. The number of carbonyl (C=O) groups excluding carboxylic acids is 1. The van der Waals surface area contributed by atoms with Gasteiger partial charge in [0.25, 0.3) is 0 Å². The smallest absolute Gasteiger partial charge is 0.224 e. The topological polar surface area (TPSA) is 29.1 Å². The maximum absolute atomic E-state index is 12.2. The van der Waals surface area contributed by atoms with E-state index in [0.29, 0.717) is 6.42 Å². The van der Waals surface area contributed by atoms with Gasteiger partial charge in [0.15, 0.2) is 0 Å². The second-order valence-corrected chi connectivity index (χ2v) is 6.00. The second-order valence-electron chi connectivity index (χ2n) is 6.00. The van der Waals surface area contributed by atoms with E-state index in [2.05, 4.69) is 56.4 Å². The van der Waals surface area contributed by atoms with E-state index in [1.54, 1.807) is 0 Å². The van der Waals surface area contributed by atoms with Crippen LogP contribution >= 0.6 is 0 Å². The Hall–Kier alpha value is -2.09. The molecule has 1 atom stereocenters. The van der Waals surface area contributed by atoms with Gasteiger partial charge in [-0.1, -0.05) is 55.0 Å². The molecule has 0 spiro atoms. The van der Waals surface area contributed by atoms with Gasteiger partial charge in [-0.25, -0.2) is 0 Å². The van der Waals surface area contributed by atoms with Crippen LogP contribution in [0.25, 0.3) is 0 Å². The van der Waals surface area contributed by atoms with E-state index in [0.717, 1.165) is 12.0 Å². The van der Waals surface area contributed by atoms with Gasteiger partial charge in [0.05, 0.1) is 12.5 Å². The normalized spacial score (nSPS) is 12.0. The summed E-state index contributed by atoms with van der Waals surface area (Å²) in [5.74, 6) is 0.0673. The second kappa shape index (κ2) is 7.26. The predicted molar refractivity (Wildman–Crippen MR) is 92.0 cm³/mol. The molecule has 0 saturated heterocycles. The predicted octanol–water partition coefficient (Wildman–Crippen LogP) is 4.29. The zero-order valence-corrected chi connectivity index (χ0v) is 13.9. The Morgan fingerprint density at radius 2 is 1.68 bits per heavy atom. The fourth-order valence-electron chi connectivity index (χ4n) is 2.67. The number of amides is 1. The Bertz CT molecular complexity index is 643. The summed E-state index contributed by atoms with van der Waals surface area (Å²) in [4.78, 5) is 12.2. The third kappa shape index (κ3) is 4.20. The van der Waals surface area contributed by atoms with Crippen LogP contribution in [0.3, 0.4) is 0 Å². The van der Waals surface area contributed by atoms with E-state index in [4.69, 9.17) is 0 Å². The van der Waals surface area contributed by atoms with Crippen molar-refractivity contribution in [3.8, 4) is 0 Å². The van der Waals surface area contributed by atoms with Crippen LogP contribution in [0.2, 0.25) is 0 Å². The number of hydrogen-bond donors (Lipinski definition) is 1. The van der Waals surface area contributed by atoms with Crippen molar-refractivity contribution in [3.63, 3.8) is 0 Å². The van der Waals surface area contributed by atoms with Crippen molar-refractivity contribution in [3.05, 3.63) is 70.3 Å². The molecule has 22 heavy (non-hydrogen) atoms. The van der Waals surface area contributed by atoms with Crippen LogP contribution in [0, 0.1) is 13.8 Å². The number of nitrogens with one attached hydrogen (secondary N) is 1. The third-order valence-electron chi connectivity index (χ3n) is 4.07. The van der Waals surface area contributed by atoms with Gasteiger partial charge >= 0.3 is 0 Å². The van der Waals surface area contributed by atoms with Crippen molar-refractivity contribution in [2.75, 3.05) is 0 Å². The number of benzene rings is 2. The lowest BCUT2D eigenvalue weighted by Gasteiger charge is -2.17. The Morgan fingerprint density at radius 3 is 2.32 bits per heavy atom. The summed E-state index contributed by atoms with van der Waals surface area (Å²) >= 11 is 0. The zero-order valence-electron chi connectivity index (χ0n) is 13.9. The minimum absolute atomic E-state index is 0.0299. The van der Waals surface area contributed by atoms with Crippen LogP contribution in [-0.4, -0.2) is 5.91 Å². The molecule has 0 unspecified atom stereocenters. The highest BCUT2D eigenvalue weighted by Crippen LogP contribution is 2.19. The summed E-state index contributed by atoms with van der Waals surface area (Å²) in [7, 11) is 0. The standard InChI is InChI=1S/C20H25NO/c1-5-17-8-10-18(11-9-17)13-20(22)21-16(4)19-12-14(2)6-7-15(19)3/h6-12,16H,5,13H2,1-4H3,(H,21,22)/t16-/m1/s1. The van der Waals surface area contributed by atoms with E-state index < -0.39 is 0 Å². The minimum Gasteiger partial charge on any atom is -0.349 e. The summed E-state index contributed by atoms with van der Waals surface area (Å²) in [6, 6.07) is 14.7. The summed E-state index contributed by atoms with van der Waals surface area (Å²) in [5.41, 5.74) is 5.98. The first-order chi connectivity index (χ1) is 10.5. The molecule has 0 bridgehead atoms. The Balaban J connectivity index is 2.00. The summed E-state index contributed by atoms with van der Waals surface area (Å²) in [6.07, 6.45) is 1.45. The van der Waals surface area contributed by atoms with Gasteiger partial charge in [-0.15, -0.1) is 0 Å². The molecular formula is C20H25NO. The van der Waals surface area contributed by atoms with E-state index in [1.807, 2.05) is 19.1 Å². The molecular weight excluding hydrogens is 270 g/mol. The molecule has 1 amide bonds. The first-order valence-corrected chi connectivity index (χ1v) is 7.94. The van der Waals surface area contributed by atoms with Crippen LogP contribution in [0.15, 0.2) is 42.5 Å². The van der Waals surface area contributed by atoms with Crippen LogP contribution < -0.4 is 5.32 Å². The SMILES string of the molecule is CCc1ccc(CC(=O)N[C@H](C)c2cc(C)ccc2C)cc1. The number of aryl methyl sites for hydroxylation is 3. The van der Waals surface area contributed by atoms with Crippen molar-refractivity contribution >= 4 is 5.91 Å². The van der Waals surface area contributed by atoms with E-state index in [9.17, 15) is 4.79 Å². The molecule has 0 aliphatic heterocycles. The van der Waals surface area contributed by atoms with E-state index in [-0.39, 0.29) is 11.9 Å². The highest BCUT2D eigenvalue weighted by Gasteiger charge is 2.12. The van der Waals surface area contributed by atoms with Crippen LogP contribution in [0.5, 0.6) is 0 Å². The average molecular weight is 295 g/mol. The van der Waals surface area contributed by atoms with Gasteiger partial charge in [-0.3, -0.25) is 4.79 Å². The number of hydrogen-bond acceptors (Lipinski definition) is 1. The van der Waals surface area contributed by atoms with Gasteiger partial charge in [0.2, 0.25) is 5.91 Å². The van der Waals surface area contributed by atoms with Crippen molar-refractivity contribution in [2.45, 2.75) is 46.6 Å². The average Bonchev–Trinajstić information content (AvgIpc) is 2.50.